The Morgan fingerprint density at radius 3 is 2.83 bits per heavy atom. The Balaban J connectivity index is 1.76. The van der Waals surface area contributed by atoms with Gasteiger partial charge in [-0.3, -0.25) is 4.79 Å². The minimum atomic E-state index is 0.00941. The zero-order valence-corrected chi connectivity index (χ0v) is 10.1. The van der Waals surface area contributed by atoms with Crippen LogP contribution in [0.1, 0.15) is 18.4 Å². The van der Waals surface area contributed by atoms with Crippen LogP contribution in [0.2, 0.25) is 0 Å². The molecule has 2 aliphatic rings. The average Bonchev–Trinajstić information content (AvgIpc) is 3.12. The Hall–Kier alpha value is -1.75. The van der Waals surface area contributed by atoms with Crippen molar-refractivity contribution in [2.75, 3.05) is 13.3 Å². The Kier molecular flexibility index (Phi) is 2.83. The minimum absolute atomic E-state index is 0.00941. The summed E-state index contributed by atoms with van der Waals surface area (Å²) in [5, 5.41) is 0. The van der Waals surface area contributed by atoms with Crippen LogP contribution in [-0.2, 0) is 11.3 Å². The fourth-order valence-corrected chi connectivity index (χ4v) is 2.16. The summed E-state index contributed by atoms with van der Waals surface area (Å²) < 4.78 is 10.6. The van der Waals surface area contributed by atoms with Crippen molar-refractivity contribution >= 4 is 5.91 Å². The quantitative estimate of drug-likeness (QED) is 0.858. The topological polar surface area (TPSA) is 64.8 Å². The van der Waals surface area contributed by atoms with Crippen LogP contribution in [-0.4, -0.2) is 30.2 Å². The molecule has 0 aromatic heterocycles. The normalized spacial score (nSPS) is 16.7. The second-order valence-corrected chi connectivity index (χ2v) is 4.64. The summed E-state index contributed by atoms with van der Waals surface area (Å²) in [6, 6.07) is 6.15. The average molecular weight is 248 g/mol. The summed E-state index contributed by atoms with van der Waals surface area (Å²) >= 11 is 0. The van der Waals surface area contributed by atoms with Crippen LogP contribution >= 0.6 is 0 Å². The molecule has 1 aliphatic carbocycles. The summed E-state index contributed by atoms with van der Waals surface area (Å²) in [5.41, 5.74) is 6.50. The third-order valence-electron chi connectivity index (χ3n) is 3.27. The van der Waals surface area contributed by atoms with E-state index in [0.717, 1.165) is 29.9 Å². The highest BCUT2D eigenvalue weighted by atomic mass is 16.7. The van der Waals surface area contributed by atoms with Gasteiger partial charge >= 0.3 is 0 Å². The van der Waals surface area contributed by atoms with Crippen LogP contribution in [0.4, 0.5) is 0 Å². The molecule has 96 valence electrons. The second kappa shape index (κ2) is 4.49. The number of fused-ring (bicyclic) bond motifs is 1. The third kappa shape index (κ3) is 2.13. The molecule has 1 heterocycles. The van der Waals surface area contributed by atoms with Gasteiger partial charge in [0.1, 0.15) is 0 Å². The van der Waals surface area contributed by atoms with E-state index in [1.165, 1.54) is 0 Å². The van der Waals surface area contributed by atoms with Crippen LogP contribution in [0.3, 0.4) is 0 Å². The van der Waals surface area contributed by atoms with E-state index >= 15 is 0 Å². The first-order chi connectivity index (χ1) is 8.78. The van der Waals surface area contributed by atoms with Gasteiger partial charge in [0.25, 0.3) is 0 Å². The number of carbonyl (C=O) groups excluding carboxylic acids is 1. The lowest BCUT2D eigenvalue weighted by Crippen LogP contribution is -2.37. The highest BCUT2D eigenvalue weighted by Crippen LogP contribution is 2.34. The van der Waals surface area contributed by atoms with Gasteiger partial charge in [0.2, 0.25) is 12.7 Å². The molecule has 1 fully saturated rings. The molecule has 0 spiro atoms. The molecule has 18 heavy (non-hydrogen) atoms. The number of carbonyl (C=O) groups is 1. The molecule has 5 nitrogen and oxygen atoms in total. The molecule has 1 aromatic carbocycles. The molecule has 0 atom stereocenters. The fraction of sp³-hybridized carbons (Fsp3) is 0.462. The largest absolute Gasteiger partial charge is 0.454 e. The molecule has 1 amide bonds. The first-order valence-electron chi connectivity index (χ1n) is 6.16. The van der Waals surface area contributed by atoms with E-state index < -0.39 is 0 Å². The summed E-state index contributed by atoms with van der Waals surface area (Å²) in [4.78, 5) is 13.6. The monoisotopic (exact) mass is 248 g/mol. The maximum Gasteiger partial charge on any atom is 0.236 e. The lowest BCUT2D eigenvalue weighted by Gasteiger charge is -2.21. The minimum Gasteiger partial charge on any atom is -0.454 e. The molecule has 1 aliphatic heterocycles. The molecular weight excluding hydrogens is 232 g/mol. The standard InChI is InChI=1S/C13H16N2O3/c14-6-13(16)15(10-2-3-10)7-9-1-4-11-12(5-9)18-8-17-11/h1,4-5,10H,2-3,6-8,14H2. The van der Waals surface area contributed by atoms with Gasteiger partial charge in [0.15, 0.2) is 11.5 Å². The number of hydrogen-bond acceptors (Lipinski definition) is 4. The Labute approximate surface area is 105 Å². The van der Waals surface area contributed by atoms with Gasteiger partial charge in [0, 0.05) is 12.6 Å². The van der Waals surface area contributed by atoms with Gasteiger partial charge in [0.05, 0.1) is 6.54 Å². The van der Waals surface area contributed by atoms with E-state index in [1.807, 2.05) is 23.1 Å². The fourth-order valence-electron chi connectivity index (χ4n) is 2.16. The predicted octanol–water partition coefficient (Wildman–Crippen LogP) is 0.865. The van der Waals surface area contributed by atoms with Gasteiger partial charge in [-0.1, -0.05) is 6.07 Å². The first-order valence-corrected chi connectivity index (χ1v) is 6.16. The Morgan fingerprint density at radius 2 is 2.11 bits per heavy atom. The molecule has 2 N–H and O–H groups in total. The zero-order chi connectivity index (χ0) is 12.5. The highest BCUT2D eigenvalue weighted by molar-refractivity contribution is 5.78. The van der Waals surface area contributed by atoms with Crippen molar-refractivity contribution in [1.29, 1.82) is 0 Å². The van der Waals surface area contributed by atoms with Crippen molar-refractivity contribution in [3.63, 3.8) is 0 Å². The predicted molar refractivity (Wildman–Crippen MR) is 65.2 cm³/mol. The van der Waals surface area contributed by atoms with Gasteiger partial charge in [-0.15, -0.1) is 0 Å². The van der Waals surface area contributed by atoms with Crippen LogP contribution in [0.15, 0.2) is 18.2 Å². The van der Waals surface area contributed by atoms with E-state index in [4.69, 9.17) is 15.2 Å². The smallest absolute Gasteiger partial charge is 0.236 e. The number of nitrogens with two attached hydrogens (primary N) is 1. The van der Waals surface area contributed by atoms with E-state index in [1.54, 1.807) is 0 Å². The number of nitrogens with zero attached hydrogens (tertiary/aromatic N) is 1. The molecule has 0 bridgehead atoms. The lowest BCUT2D eigenvalue weighted by atomic mass is 10.2. The molecule has 1 aromatic rings. The van der Waals surface area contributed by atoms with Crippen molar-refractivity contribution in [1.82, 2.24) is 4.90 Å². The molecular formula is C13H16N2O3. The Morgan fingerprint density at radius 1 is 1.33 bits per heavy atom. The van der Waals surface area contributed by atoms with E-state index in [9.17, 15) is 4.79 Å². The molecule has 1 saturated carbocycles. The van der Waals surface area contributed by atoms with Crippen LogP contribution in [0.5, 0.6) is 11.5 Å². The number of rotatable bonds is 4. The van der Waals surface area contributed by atoms with E-state index in [-0.39, 0.29) is 19.2 Å². The first kappa shape index (κ1) is 11.3. The van der Waals surface area contributed by atoms with Gasteiger partial charge in [-0.2, -0.15) is 0 Å². The van der Waals surface area contributed by atoms with Crippen molar-refractivity contribution in [3.05, 3.63) is 23.8 Å². The molecule has 0 radical (unpaired) electrons. The molecule has 0 saturated heterocycles. The zero-order valence-electron chi connectivity index (χ0n) is 10.1. The molecule has 3 rings (SSSR count). The summed E-state index contributed by atoms with van der Waals surface area (Å²) in [6.45, 7) is 0.936. The summed E-state index contributed by atoms with van der Waals surface area (Å²) in [7, 11) is 0. The maximum absolute atomic E-state index is 11.8. The van der Waals surface area contributed by atoms with Crippen molar-refractivity contribution in [3.8, 4) is 11.5 Å². The van der Waals surface area contributed by atoms with Crippen LogP contribution < -0.4 is 15.2 Å². The molecule has 5 heteroatoms. The van der Waals surface area contributed by atoms with Crippen molar-refractivity contribution < 1.29 is 14.3 Å². The van der Waals surface area contributed by atoms with Crippen molar-refractivity contribution in [2.24, 2.45) is 5.73 Å². The highest BCUT2D eigenvalue weighted by Gasteiger charge is 2.32. The third-order valence-corrected chi connectivity index (χ3v) is 3.27. The number of hydrogen-bond donors (Lipinski definition) is 1. The van der Waals surface area contributed by atoms with Gasteiger partial charge < -0.3 is 20.1 Å². The SMILES string of the molecule is NCC(=O)N(Cc1ccc2c(c1)OCO2)C1CC1. The van der Waals surface area contributed by atoms with E-state index in [0.29, 0.717) is 12.6 Å². The number of amides is 1. The Bertz CT molecular complexity index is 471. The lowest BCUT2D eigenvalue weighted by molar-refractivity contribution is -0.130. The maximum atomic E-state index is 11.8. The van der Waals surface area contributed by atoms with Crippen molar-refractivity contribution in [2.45, 2.75) is 25.4 Å². The van der Waals surface area contributed by atoms with Crippen LogP contribution in [0, 0.1) is 0 Å². The second-order valence-electron chi connectivity index (χ2n) is 4.64. The summed E-state index contributed by atoms with van der Waals surface area (Å²) in [6.07, 6.45) is 2.16. The summed E-state index contributed by atoms with van der Waals surface area (Å²) in [5.74, 6) is 1.53. The van der Waals surface area contributed by atoms with Crippen LogP contribution in [0.25, 0.3) is 0 Å². The number of ether oxygens (including phenoxy) is 2. The molecule has 0 unspecified atom stereocenters. The van der Waals surface area contributed by atoms with Gasteiger partial charge in [-0.25, -0.2) is 0 Å². The van der Waals surface area contributed by atoms with Gasteiger partial charge in [-0.05, 0) is 30.5 Å². The van der Waals surface area contributed by atoms with E-state index in [2.05, 4.69) is 0 Å². The number of benzene rings is 1.